The van der Waals surface area contributed by atoms with E-state index in [1.54, 1.807) is 41.8 Å². The lowest BCUT2D eigenvalue weighted by molar-refractivity contribution is -0.142. The lowest BCUT2D eigenvalue weighted by atomic mass is 10.1. The number of amides is 2. The summed E-state index contributed by atoms with van der Waals surface area (Å²) in [4.78, 5) is 37.3. The summed E-state index contributed by atoms with van der Waals surface area (Å²) in [5.74, 6) is -0.801. The Morgan fingerprint density at radius 3 is 2.70 bits per heavy atom. The molecule has 3 rings (SSSR count). The third-order valence-electron chi connectivity index (χ3n) is 3.83. The van der Waals surface area contributed by atoms with Gasteiger partial charge in [-0.15, -0.1) is 11.3 Å². The van der Waals surface area contributed by atoms with Gasteiger partial charge in [0.2, 0.25) is 0 Å². The van der Waals surface area contributed by atoms with Crippen LogP contribution >= 0.6 is 35.3 Å². The Morgan fingerprint density at radius 1 is 1.23 bits per heavy atom. The summed E-state index contributed by atoms with van der Waals surface area (Å²) in [5, 5.41) is 2.79. The van der Waals surface area contributed by atoms with Crippen LogP contribution < -0.4 is 14.9 Å². The number of esters is 1. The van der Waals surface area contributed by atoms with Crippen LogP contribution in [0.2, 0.25) is 0 Å². The lowest BCUT2D eigenvalue weighted by Crippen LogP contribution is -2.44. The summed E-state index contributed by atoms with van der Waals surface area (Å²) < 4.78 is 15.6. The summed E-state index contributed by atoms with van der Waals surface area (Å²) in [6, 6.07) is 8.47. The van der Waals surface area contributed by atoms with E-state index in [2.05, 4.69) is 10.2 Å². The molecule has 156 valence electrons. The zero-order chi connectivity index (χ0) is 21.7. The number of nitrogens with zero attached hydrogens (tertiary/aromatic N) is 1. The highest BCUT2D eigenvalue weighted by molar-refractivity contribution is 8.26. The summed E-state index contributed by atoms with van der Waals surface area (Å²) >= 11 is 7.53. The Bertz CT molecular complexity index is 1020. The van der Waals surface area contributed by atoms with E-state index in [0.29, 0.717) is 16.2 Å². The van der Waals surface area contributed by atoms with Gasteiger partial charge in [-0.3, -0.25) is 15.0 Å². The summed E-state index contributed by atoms with van der Waals surface area (Å²) in [7, 11) is 2.72. The molecule has 1 saturated heterocycles. The number of hydrogen-bond donors (Lipinski definition) is 1. The number of carbonyl (C=O) groups is 3. The molecule has 2 amide bonds. The van der Waals surface area contributed by atoms with Crippen molar-refractivity contribution in [1.29, 1.82) is 0 Å². The quantitative estimate of drug-likeness (QED) is 0.380. The Balaban J connectivity index is 1.84. The standard InChI is InChI=1S/C19H16N2O6S3/c1-25-12-6-3-5-11(16(12)27-10-15(22)26-2)9-14-18(24)21(19(28)30-14)20-17(23)13-7-4-8-29-13/h3-9H,10H2,1-2H3,(H,20,23)/b14-9+. The summed E-state index contributed by atoms with van der Waals surface area (Å²) in [6.07, 6.45) is 1.56. The number of methoxy groups -OCH3 is 2. The molecule has 1 aromatic heterocycles. The van der Waals surface area contributed by atoms with Crippen LogP contribution in [0.25, 0.3) is 6.08 Å². The Labute approximate surface area is 185 Å². The van der Waals surface area contributed by atoms with Crippen molar-refractivity contribution in [2.24, 2.45) is 0 Å². The van der Waals surface area contributed by atoms with Gasteiger partial charge in [-0.05, 0) is 35.8 Å². The van der Waals surface area contributed by atoms with Gasteiger partial charge in [-0.25, -0.2) is 4.79 Å². The third kappa shape index (κ3) is 4.81. The average molecular weight is 465 g/mol. The van der Waals surface area contributed by atoms with Crippen LogP contribution in [-0.4, -0.2) is 47.9 Å². The molecule has 8 nitrogen and oxygen atoms in total. The van der Waals surface area contributed by atoms with Crippen molar-refractivity contribution >= 4 is 63.5 Å². The van der Waals surface area contributed by atoms with Gasteiger partial charge < -0.3 is 14.2 Å². The zero-order valence-corrected chi connectivity index (χ0v) is 18.3. The third-order valence-corrected chi connectivity index (χ3v) is 6.00. The maximum Gasteiger partial charge on any atom is 0.343 e. The van der Waals surface area contributed by atoms with Crippen molar-refractivity contribution < 1.29 is 28.6 Å². The van der Waals surface area contributed by atoms with Gasteiger partial charge in [-0.2, -0.15) is 5.01 Å². The molecule has 0 saturated carbocycles. The van der Waals surface area contributed by atoms with Gasteiger partial charge in [0.15, 0.2) is 22.4 Å². The van der Waals surface area contributed by atoms with Gasteiger partial charge in [0.1, 0.15) is 0 Å². The van der Waals surface area contributed by atoms with Crippen molar-refractivity contribution in [3.8, 4) is 11.5 Å². The smallest absolute Gasteiger partial charge is 0.343 e. The highest BCUT2D eigenvalue weighted by Gasteiger charge is 2.34. The molecule has 0 radical (unpaired) electrons. The van der Waals surface area contributed by atoms with Crippen LogP contribution in [0.1, 0.15) is 15.2 Å². The molecule has 0 atom stereocenters. The molecule has 1 aliphatic heterocycles. The molecule has 11 heteroatoms. The SMILES string of the molecule is COC(=O)COc1c(/C=C2/SC(=S)N(NC(=O)c3cccs3)C2=O)cccc1OC. The molecule has 1 aromatic carbocycles. The summed E-state index contributed by atoms with van der Waals surface area (Å²) in [5.41, 5.74) is 3.02. The first-order valence-electron chi connectivity index (χ1n) is 8.43. The second-order valence-electron chi connectivity index (χ2n) is 5.68. The fourth-order valence-electron chi connectivity index (χ4n) is 2.42. The van der Waals surface area contributed by atoms with Crippen molar-refractivity contribution in [2.75, 3.05) is 20.8 Å². The number of carbonyl (C=O) groups excluding carboxylic acids is 3. The van der Waals surface area contributed by atoms with E-state index < -0.39 is 17.8 Å². The first kappa shape index (κ1) is 21.8. The number of thiocarbonyl (C=S) groups is 1. The minimum atomic E-state index is -0.561. The average Bonchev–Trinajstić information content (AvgIpc) is 3.37. The number of ether oxygens (including phenoxy) is 3. The van der Waals surface area contributed by atoms with E-state index >= 15 is 0 Å². The molecule has 0 aliphatic carbocycles. The van der Waals surface area contributed by atoms with Crippen LogP contribution in [0.4, 0.5) is 0 Å². The largest absolute Gasteiger partial charge is 0.493 e. The molecule has 1 fully saturated rings. The van der Waals surface area contributed by atoms with Crippen molar-refractivity contribution in [2.45, 2.75) is 0 Å². The van der Waals surface area contributed by atoms with Gasteiger partial charge in [0.25, 0.3) is 11.8 Å². The predicted molar refractivity (Wildman–Crippen MR) is 117 cm³/mol. The number of thioether (sulfide) groups is 1. The van der Waals surface area contributed by atoms with Crippen LogP contribution in [0.5, 0.6) is 11.5 Å². The maximum absolute atomic E-state index is 12.8. The Hall–Kier alpha value is -2.89. The van der Waals surface area contributed by atoms with Crippen molar-refractivity contribution in [3.05, 3.63) is 51.1 Å². The molecular formula is C19H16N2O6S3. The number of rotatable bonds is 7. The molecule has 2 aromatic rings. The van der Waals surface area contributed by atoms with E-state index in [9.17, 15) is 14.4 Å². The van der Waals surface area contributed by atoms with E-state index in [1.807, 2.05) is 0 Å². The first-order valence-corrected chi connectivity index (χ1v) is 10.5. The maximum atomic E-state index is 12.8. The van der Waals surface area contributed by atoms with Gasteiger partial charge in [0.05, 0.1) is 24.0 Å². The number of hydrogen-bond acceptors (Lipinski definition) is 9. The number of benzene rings is 1. The van der Waals surface area contributed by atoms with Crippen LogP contribution in [0.3, 0.4) is 0 Å². The van der Waals surface area contributed by atoms with E-state index in [0.717, 1.165) is 16.8 Å². The number of hydrazine groups is 1. The number of nitrogens with one attached hydrogen (secondary N) is 1. The van der Waals surface area contributed by atoms with Gasteiger partial charge >= 0.3 is 5.97 Å². The molecule has 0 unspecified atom stereocenters. The van der Waals surface area contributed by atoms with Crippen LogP contribution in [-0.2, 0) is 14.3 Å². The fraction of sp³-hybridized carbons (Fsp3) is 0.158. The topological polar surface area (TPSA) is 94.2 Å². The number of para-hydroxylation sites is 1. The molecule has 0 bridgehead atoms. The fourth-order valence-corrected chi connectivity index (χ4v) is 4.21. The second kappa shape index (κ2) is 9.74. The minimum absolute atomic E-state index is 0.191. The number of thiophene rings is 1. The molecule has 1 N–H and O–H groups in total. The van der Waals surface area contributed by atoms with Gasteiger partial charge in [0, 0.05) is 5.56 Å². The highest BCUT2D eigenvalue weighted by Crippen LogP contribution is 2.37. The lowest BCUT2D eigenvalue weighted by Gasteiger charge is -2.15. The molecular weight excluding hydrogens is 448 g/mol. The van der Waals surface area contributed by atoms with Gasteiger partial charge in [-0.1, -0.05) is 30.0 Å². The van der Waals surface area contributed by atoms with Crippen LogP contribution in [0.15, 0.2) is 40.6 Å². The first-order chi connectivity index (χ1) is 14.4. The van der Waals surface area contributed by atoms with E-state index in [-0.39, 0.29) is 21.6 Å². The van der Waals surface area contributed by atoms with E-state index in [4.69, 9.17) is 21.7 Å². The predicted octanol–water partition coefficient (Wildman–Crippen LogP) is 2.85. The molecule has 0 spiro atoms. The summed E-state index contributed by atoms with van der Waals surface area (Å²) in [6.45, 7) is -0.324. The Kier molecular flexibility index (Phi) is 7.08. The molecule has 30 heavy (non-hydrogen) atoms. The molecule has 1 aliphatic rings. The highest BCUT2D eigenvalue weighted by atomic mass is 32.2. The van der Waals surface area contributed by atoms with Crippen molar-refractivity contribution in [3.63, 3.8) is 0 Å². The Morgan fingerprint density at radius 2 is 2.03 bits per heavy atom. The van der Waals surface area contributed by atoms with Crippen molar-refractivity contribution in [1.82, 2.24) is 10.4 Å². The normalized spacial score (nSPS) is 14.7. The minimum Gasteiger partial charge on any atom is -0.493 e. The van der Waals surface area contributed by atoms with E-state index in [1.165, 1.54) is 25.6 Å². The monoisotopic (exact) mass is 464 g/mol. The zero-order valence-electron chi connectivity index (χ0n) is 15.9. The van der Waals surface area contributed by atoms with Crippen LogP contribution in [0, 0.1) is 0 Å². The molecule has 2 heterocycles. The second-order valence-corrected chi connectivity index (χ2v) is 8.30.